The summed E-state index contributed by atoms with van der Waals surface area (Å²) < 4.78 is 34.7. The van der Waals surface area contributed by atoms with Gasteiger partial charge in [0.1, 0.15) is 0 Å². The highest BCUT2D eigenvalue weighted by atomic mass is 16.5. The van der Waals surface area contributed by atoms with E-state index in [1.807, 2.05) is 0 Å². The van der Waals surface area contributed by atoms with Crippen LogP contribution in [-0.2, 0) is 11.3 Å². The van der Waals surface area contributed by atoms with Crippen LogP contribution in [0.15, 0.2) is 24.2 Å². The smallest absolute Gasteiger partial charge is 0.0713 e. The highest BCUT2D eigenvalue weighted by Gasteiger charge is 1.88. The molecule has 0 unspecified atom stereocenters. The van der Waals surface area contributed by atoms with Crippen LogP contribution in [0.2, 0.25) is 0 Å². The van der Waals surface area contributed by atoms with E-state index >= 15 is 0 Å². The summed E-state index contributed by atoms with van der Waals surface area (Å²) in [6.07, 6.45) is 0. The van der Waals surface area contributed by atoms with Crippen molar-refractivity contribution >= 4 is 5.69 Å². The number of methoxy groups -OCH3 is 1. The molecule has 0 aliphatic heterocycles. The Labute approximate surface area is 66.2 Å². The van der Waals surface area contributed by atoms with E-state index in [1.165, 1.54) is 7.11 Å². The van der Waals surface area contributed by atoms with E-state index in [0.717, 1.165) is 0 Å². The third kappa shape index (κ3) is 1.74. The van der Waals surface area contributed by atoms with Crippen LogP contribution in [-0.4, -0.2) is 7.11 Å². The number of rotatable bonds is 2. The van der Waals surface area contributed by atoms with Gasteiger partial charge in [0.05, 0.1) is 12.1 Å². The van der Waals surface area contributed by atoms with Crippen molar-refractivity contribution in [3.05, 3.63) is 29.7 Å². The van der Waals surface area contributed by atoms with Gasteiger partial charge >= 0.3 is 0 Å². The van der Waals surface area contributed by atoms with Crippen LogP contribution in [0.1, 0.15) is 11.0 Å². The third-order valence-corrected chi connectivity index (χ3v) is 0.985. The maximum Gasteiger partial charge on any atom is 0.0713 e. The molecule has 0 radical (unpaired) electrons. The molecule has 10 heavy (non-hydrogen) atoms. The van der Waals surface area contributed by atoms with Crippen LogP contribution in [0.4, 0.5) is 5.69 Å². The summed E-state index contributed by atoms with van der Waals surface area (Å²) in [5, 5.41) is 0. The molecular formula is C8H11NO. The number of anilines is 1. The number of hydrogen-bond acceptors (Lipinski definition) is 2. The maximum absolute atomic E-state index is 7.53. The molecule has 0 saturated carbocycles. The SMILES string of the molecule is [2H]c1c([2H])c(COC)c([2H])c([2H])c1N. The van der Waals surface area contributed by atoms with E-state index in [1.54, 1.807) is 0 Å². The lowest BCUT2D eigenvalue weighted by Gasteiger charge is -1.98. The van der Waals surface area contributed by atoms with Crippen molar-refractivity contribution in [2.75, 3.05) is 12.8 Å². The molecule has 1 aromatic rings. The zero-order chi connectivity index (χ0) is 10.9. The van der Waals surface area contributed by atoms with Gasteiger partial charge in [-0.15, -0.1) is 0 Å². The zero-order valence-corrected chi connectivity index (χ0v) is 5.69. The zero-order valence-electron chi connectivity index (χ0n) is 9.69. The van der Waals surface area contributed by atoms with Gasteiger partial charge in [0.15, 0.2) is 0 Å². The summed E-state index contributed by atoms with van der Waals surface area (Å²) in [5.74, 6) is 0. The molecule has 0 saturated heterocycles. The molecular weight excluding hydrogens is 126 g/mol. The standard InChI is InChI=1S/C8H11NO/c1-10-6-7-2-4-8(9)5-3-7/h2-5H,6,9H2,1H3/i2D,3D,4D,5D. The van der Waals surface area contributed by atoms with Gasteiger partial charge in [-0.1, -0.05) is 12.1 Å². The summed E-state index contributed by atoms with van der Waals surface area (Å²) in [7, 11) is 1.43. The average Bonchev–Trinajstić information content (AvgIpc) is 2.19. The van der Waals surface area contributed by atoms with E-state index in [2.05, 4.69) is 0 Å². The van der Waals surface area contributed by atoms with Crippen LogP contribution >= 0.6 is 0 Å². The fourth-order valence-electron chi connectivity index (χ4n) is 0.565. The Morgan fingerprint density at radius 2 is 2.10 bits per heavy atom. The summed E-state index contributed by atoms with van der Waals surface area (Å²) in [5.41, 5.74) is 5.50. The summed E-state index contributed by atoms with van der Waals surface area (Å²) >= 11 is 0. The first-order valence-electron chi connectivity index (χ1n) is 4.84. The van der Waals surface area contributed by atoms with E-state index in [4.69, 9.17) is 16.0 Å². The van der Waals surface area contributed by atoms with E-state index in [9.17, 15) is 0 Å². The van der Waals surface area contributed by atoms with Crippen LogP contribution < -0.4 is 5.73 Å². The molecule has 0 amide bonds. The molecule has 2 nitrogen and oxygen atoms in total. The molecule has 1 rings (SSSR count). The van der Waals surface area contributed by atoms with Gasteiger partial charge in [-0.3, -0.25) is 0 Å². The van der Waals surface area contributed by atoms with Crippen molar-refractivity contribution in [1.82, 2.24) is 0 Å². The van der Waals surface area contributed by atoms with Crippen molar-refractivity contribution in [1.29, 1.82) is 0 Å². The second kappa shape index (κ2) is 3.22. The van der Waals surface area contributed by atoms with Crippen LogP contribution in [0.25, 0.3) is 0 Å². The second-order valence-electron chi connectivity index (χ2n) is 1.83. The van der Waals surface area contributed by atoms with Crippen LogP contribution in [0, 0.1) is 0 Å². The maximum atomic E-state index is 7.53. The molecule has 2 N–H and O–H groups in total. The number of benzene rings is 1. The van der Waals surface area contributed by atoms with Crippen LogP contribution in [0.5, 0.6) is 0 Å². The Hall–Kier alpha value is -1.02. The molecule has 0 atom stereocenters. The lowest BCUT2D eigenvalue weighted by Crippen LogP contribution is -1.88. The Morgan fingerprint density at radius 3 is 2.60 bits per heavy atom. The molecule has 0 aliphatic rings. The average molecular weight is 141 g/mol. The van der Waals surface area contributed by atoms with Crippen molar-refractivity contribution < 1.29 is 10.2 Å². The predicted octanol–water partition coefficient (Wildman–Crippen LogP) is 1.42. The van der Waals surface area contributed by atoms with Crippen molar-refractivity contribution in [3.8, 4) is 0 Å². The van der Waals surface area contributed by atoms with Gasteiger partial charge in [0.2, 0.25) is 0 Å². The molecule has 0 bridgehead atoms. The minimum Gasteiger partial charge on any atom is -0.399 e. The van der Waals surface area contributed by atoms with Gasteiger partial charge in [-0.2, -0.15) is 0 Å². The van der Waals surface area contributed by atoms with Gasteiger partial charge in [0.25, 0.3) is 0 Å². The number of nitrogens with two attached hydrogens (primary N) is 1. The first-order valence-corrected chi connectivity index (χ1v) is 2.84. The molecule has 0 spiro atoms. The predicted molar refractivity (Wildman–Crippen MR) is 41.6 cm³/mol. The monoisotopic (exact) mass is 141 g/mol. The van der Waals surface area contributed by atoms with Crippen LogP contribution in [0.3, 0.4) is 0 Å². The van der Waals surface area contributed by atoms with Crippen molar-refractivity contribution in [3.63, 3.8) is 0 Å². The normalized spacial score (nSPS) is 15.3. The molecule has 1 aromatic carbocycles. The minimum atomic E-state index is -0.210. The van der Waals surface area contributed by atoms with Gasteiger partial charge in [-0.25, -0.2) is 0 Å². The number of hydrogen-bond donors (Lipinski definition) is 1. The molecule has 2 heteroatoms. The number of ether oxygens (including phenoxy) is 1. The highest BCUT2D eigenvalue weighted by Crippen LogP contribution is 2.05. The third-order valence-electron chi connectivity index (χ3n) is 0.985. The fraction of sp³-hybridized carbons (Fsp3) is 0.250. The Balaban J connectivity index is 3.43. The summed E-state index contributed by atoms with van der Waals surface area (Å²) in [4.78, 5) is 0. The van der Waals surface area contributed by atoms with Crippen molar-refractivity contribution in [2.24, 2.45) is 0 Å². The minimum absolute atomic E-state index is 0.0513. The van der Waals surface area contributed by atoms with Gasteiger partial charge in [0, 0.05) is 12.8 Å². The van der Waals surface area contributed by atoms with Gasteiger partial charge < -0.3 is 10.5 Å². The second-order valence-corrected chi connectivity index (χ2v) is 1.83. The van der Waals surface area contributed by atoms with E-state index in [-0.39, 0.29) is 42.0 Å². The highest BCUT2D eigenvalue weighted by molar-refractivity contribution is 5.38. The molecule has 0 aromatic heterocycles. The fourth-order valence-corrected chi connectivity index (χ4v) is 0.565. The van der Waals surface area contributed by atoms with Crippen molar-refractivity contribution in [2.45, 2.75) is 6.61 Å². The molecule has 0 fully saturated rings. The molecule has 54 valence electrons. The summed E-state index contributed by atoms with van der Waals surface area (Å²) in [6, 6.07) is -0.688. The lowest BCUT2D eigenvalue weighted by atomic mass is 10.2. The first-order chi connectivity index (χ1) is 6.50. The molecule has 0 heterocycles. The topological polar surface area (TPSA) is 35.2 Å². The van der Waals surface area contributed by atoms with E-state index < -0.39 is 0 Å². The Morgan fingerprint density at radius 1 is 1.50 bits per heavy atom. The largest absolute Gasteiger partial charge is 0.399 e. The first kappa shape index (κ1) is 3.39. The Kier molecular flexibility index (Phi) is 1.09. The summed E-state index contributed by atoms with van der Waals surface area (Å²) in [6.45, 7) is 0.0513. The quantitative estimate of drug-likeness (QED) is 0.632. The Bertz CT molecular complexity index is 338. The lowest BCUT2D eigenvalue weighted by molar-refractivity contribution is 0.185. The number of nitrogen functional groups attached to an aromatic ring is 1. The van der Waals surface area contributed by atoms with Gasteiger partial charge in [-0.05, 0) is 17.6 Å². The molecule has 0 aliphatic carbocycles. The van der Waals surface area contributed by atoms with E-state index in [0.29, 0.717) is 0 Å².